The van der Waals surface area contributed by atoms with Gasteiger partial charge in [-0.2, -0.15) is 0 Å². The third-order valence-electron chi connectivity index (χ3n) is 3.44. The Kier molecular flexibility index (Phi) is 9.71. The van der Waals surface area contributed by atoms with Gasteiger partial charge in [-0.3, -0.25) is 4.79 Å². The van der Waals surface area contributed by atoms with Gasteiger partial charge in [-0.15, -0.1) is 24.0 Å². The van der Waals surface area contributed by atoms with E-state index in [0.29, 0.717) is 36.9 Å². The van der Waals surface area contributed by atoms with Crippen LogP contribution in [0.15, 0.2) is 46.0 Å². The monoisotopic (exact) mass is 474 g/mol. The predicted molar refractivity (Wildman–Crippen MR) is 110 cm³/mol. The maximum atomic E-state index is 13.3. The van der Waals surface area contributed by atoms with Gasteiger partial charge in [-0.05, 0) is 43.2 Å². The van der Waals surface area contributed by atoms with Crippen LogP contribution >= 0.6 is 24.0 Å². The van der Waals surface area contributed by atoms with E-state index in [4.69, 9.17) is 4.42 Å². The van der Waals surface area contributed by atoms with Crippen molar-refractivity contribution >= 4 is 35.8 Å². The fraction of sp³-hybridized carbons (Fsp3) is 0.333. The van der Waals surface area contributed by atoms with Crippen molar-refractivity contribution in [2.45, 2.75) is 26.9 Å². The first-order valence-corrected chi connectivity index (χ1v) is 8.14. The number of carbonyl (C=O) groups is 1. The first-order chi connectivity index (χ1) is 12.1. The number of aryl methyl sites for hydroxylation is 1. The molecule has 3 N–H and O–H groups in total. The van der Waals surface area contributed by atoms with Crippen molar-refractivity contribution in [2.75, 3.05) is 13.1 Å². The van der Waals surface area contributed by atoms with Crippen LogP contribution in [0, 0.1) is 12.7 Å². The Bertz CT molecular complexity index is 720. The molecule has 1 amide bonds. The highest BCUT2D eigenvalue weighted by Crippen LogP contribution is 2.09. The summed E-state index contributed by atoms with van der Waals surface area (Å²) in [6.07, 6.45) is 1.56. The lowest BCUT2D eigenvalue weighted by molar-refractivity contribution is -0.120. The van der Waals surface area contributed by atoms with E-state index in [0.717, 1.165) is 5.56 Å². The number of guanidine groups is 1. The predicted octanol–water partition coefficient (Wildman–Crippen LogP) is 2.72. The number of furan rings is 1. The van der Waals surface area contributed by atoms with Crippen LogP contribution in [0.25, 0.3) is 0 Å². The van der Waals surface area contributed by atoms with Crippen molar-refractivity contribution in [2.24, 2.45) is 4.99 Å². The van der Waals surface area contributed by atoms with Crippen molar-refractivity contribution in [3.05, 3.63) is 59.3 Å². The van der Waals surface area contributed by atoms with Gasteiger partial charge in [0.15, 0.2) is 5.96 Å². The van der Waals surface area contributed by atoms with Gasteiger partial charge in [0.2, 0.25) is 5.91 Å². The fourth-order valence-electron chi connectivity index (χ4n) is 2.14. The van der Waals surface area contributed by atoms with Crippen molar-refractivity contribution in [3.8, 4) is 0 Å². The molecule has 0 atom stereocenters. The molecule has 26 heavy (non-hydrogen) atoms. The van der Waals surface area contributed by atoms with E-state index < -0.39 is 0 Å². The second kappa shape index (κ2) is 11.5. The molecule has 0 bridgehead atoms. The standard InChI is InChI=1S/C18H23FN4O2.HI/c1-3-20-18(22-10-14-6-7-16(19)13(2)9-14)23-12-17(24)21-11-15-5-4-8-25-15;/h4-9H,3,10-12H2,1-2H3,(H,21,24)(H2,20,22,23);1H. The largest absolute Gasteiger partial charge is 0.467 e. The van der Waals surface area contributed by atoms with Crippen LogP contribution in [-0.4, -0.2) is 25.0 Å². The maximum absolute atomic E-state index is 13.3. The average Bonchev–Trinajstić information content (AvgIpc) is 3.12. The highest BCUT2D eigenvalue weighted by atomic mass is 127. The Balaban J connectivity index is 0.00000338. The zero-order valence-electron chi connectivity index (χ0n) is 14.8. The second-order valence-electron chi connectivity index (χ2n) is 5.49. The second-order valence-corrected chi connectivity index (χ2v) is 5.49. The van der Waals surface area contributed by atoms with Gasteiger partial charge in [0.25, 0.3) is 0 Å². The van der Waals surface area contributed by atoms with Crippen LogP contribution in [0.5, 0.6) is 0 Å². The maximum Gasteiger partial charge on any atom is 0.239 e. The first-order valence-electron chi connectivity index (χ1n) is 8.14. The number of nitrogens with one attached hydrogen (secondary N) is 3. The van der Waals surface area contributed by atoms with Gasteiger partial charge < -0.3 is 20.4 Å². The summed E-state index contributed by atoms with van der Waals surface area (Å²) >= 11 is 0. The number of aliphatic imine (C=N–C) groups is 1. The molecular formula is C18H24FIN4O2. The molecule has 2 rings (SSSR count). The van der Waals surface area contributed by atoms with Crippen LogP contribution in [-0.2, 0) is 17.9 Å². The summed E-state index contributed by atoms with van der Waals surface area (Å²) in [5.41, 5.74) is 1.49. The van der Waals surface area contributed by atoms with Gasteiger partial charge >= 0.3 is 0 Å². The van der Waals surface area contributed by atoms with Crippen LogP contribution in [0.2, 0.25) is 0 Å². The average molecular weight is 474 g/mol. The Morgan fingerprint density at radius 2 is 2.04 bits per heavy atom. The van der Waals surface area contributed by atoms with E-state index in [1.807, 2.05) is 6.92 Å². The zero-order valence-corrected chi connectivity index (χ0v) is 17.2. The Morgan fingerprint density at radius 3 is 2.69 bits per heavy atom. The van der Waals surface area contributed by atoms with E-state index >= 15 is 0 Å². The summed E-state index contributed by atoms with van der Waals surface area (Å²) in [7, 11) is 0. The lowest BCUT2D eigenvalue weighted by atomic mass is 10.1. The molecule has 142 valence electrons. The minimum Gasteiger partial charge on any atom is -0.467 e. The number of hydrogen-bond acceptors (Lipinski definition) is 3. The molecular weight excluding hydrogens is 450 g/mol. The van der Waals surface area contributed by atoms with Crippen molar-refractivity contribution in [1.82, 2.24) is 16.0 Å². The molecule has 0 radical (unpaired) electrons. The Hall–Kier alpha value is -2.10. The van der Waals surface area contributed by atoms with Crippen LogP contribution in [0.1, 0.15) is 23.8 Å². The van der Waals surface area contributed by atoms with Crippen molar-refractivity contribution in [1.29, 1.82) is 0 Å². The molecule has 1 aromatic heterocycles. The number of carbonyl (C=O) groups excluding carboxylic acids is 1. The third kappa shape index (κ3) is 7.42. The van der Waals surface area contributed by atoms with Crippen LogP contribution in [0.4, 0.5) is 4.39 Å². The number of benzene rings is 1. The van der Waals surface area contributed by atoms with Crippen molar-refractivity contribution in [3.63, 3.8) is 0 Å². The lowest BCUT2D eigenvalue weighted by Crippen LogP contribution is -2.43. The molecule has 0 spiro atoms. The topological polar surface area (TPSA) is 78.7 Å². The molecule has 1 aromatic carbocycles. The van der Waals surface area contributed by atoms with E-state index in [2.05, 4.69) is 20.9 Å². The minimum absolute atomic E-state index is 0. The number of halogens is 2. The molecule has 2 aromatic rings. The summed E-state index contributed by atoms with van der Waals surface area (Å²) in [5.74, 6) is 0.823. The van der Waals surface area contributed by atoms with E-state index in [1.54, 1.807) is 37.5 Å². The quantitative estimate of drug-likeness (QED) is 0.328. The fourth-order valence-corrected chi connectivity index (χ4v) is 2.14. The molecule has 0 aliphatic carbocycles. The first kappa shape index (κ1) is 21.9. The number of nitrogens with zero attached hydrogens (tertiary/aromatic N) is 1. The smallest absolute Gasteiger partial charge is 0.239 e. The number of amides is 1. The summed E-state index contributed by atoms with van der Waals surface area (Å²) in [5, 5.41) is 8.79. The van der Waals surface area contributed by atoms with Gasteiger partial charge in [-0.1, -0.05) is 12.1 Å². The van der Waals surface area contributed by atoms with Gasteiger partial charge in [0.05, 0.1) is 25.9 Å². The Morgan fingerprint density at radius 1 is 1.23 bits per heavy atom. The van der Waals surface area contributed by atoms with E-state index in [9.17, 15) is 9.18 Å². The summed E-state index contributed by atoms with van der Waals surface area (Å²) < 4.78 is 18.4. The molecule has 1 heterocycles. The van der Waals surface area contributed by atoms with Gasteiger partial charge in [0.1, 0.15) is 11.6 Å². The SMILES string of the molecule is CCNC(=NCc1ccc(F)c(C)c1)NCC(=O)NCc1ccco1.I. The highest BCUT2D eigenvalue weighted by molar-refractivity contribution is 14.0. The molecule has 0 unspecified atom stereocenters. The molecule has 0 aliphatic heterocycles. The van der Waals surface area contributed by atoms with Crippen LogP contribution in [0.3, 0.4) is 0 Å². The molecule has 0 fully saturated rings. The lowest BCUT2D eigenvalue weighted by Gasteiger charge is -2.11. The number of hydrogen-bond donors (Lipinski definition) is 3. The summed E-state index contributed by atoms with van der Waals surface area (Å²) in [6, 6.07) is 8.46. The molecule has 8 heteroatoms. The number of rotatable bonds is 7. The van der Waals surface area contributed by atoms with Gasteiger partial charge in [-0.25, -0.2) is 9.38 Å². The zero-order chi connectivity index (χ0) is 18.1. The minimum atomic E-state index is -0.231. The van der Waals surface area contributed by atoms with Gasteiger partial charge in [0, 0.05) is 6.54 Å². The molecule has 0 saturated heterocycles. The highest BCUT2D eigenvalue weighted by Gasteiger charge is 2.05. The normalized spacial score (nSPS) is 10.8. The summed E-state index contributed by atoms with van der Waals surface area (Å²) in [4.78, 5) is 16.3. The van der Waals surface area contributed by atoms with Crippen molar-refractivity contribution < 1.29 is 13.6 Å². The van der Waals surface area contributed by atoms with E-state index in [-0.39, 0.29) is 42.2 Å². The van der Waals surface area contributed by atoms with E-state index in [1.165, 1.54) is 6.07 Å². The summed E-state index contributed by atoms with van der Waals surface area (Å²) in [6.45, 7) is 5.16. The molecule has 0 saturated carbocycles. The third-order valence-corrected chi connectivity index (χ3v) is 3.44. The molecule has 6 nitrogen and oxygen atoms in total. The molecule has 0 aliphatic rings. The Labute approximate surface area is 169 Å². The van der Waals surface area contributed by atoms with Crippen LogP contribution < -0.4 is 16.0 Å².